The summed E-state index contributed by atoms with van der Waals surface area (Å²) in [6, 6.07) is 4.80. The summed E-state index contributed by atoms with van der Waals surface area (Å²) in [6.45, 7) is 5.17. The number of hydrogen-bond acceptors (Lipinski definition) is 3. The van der Waals surface area contributed by atoms with Gasteiger partial charge in [-0.05, 0) is 39.0 Å². The Bertz CT molecular complexity index is 438. The lowest BCUT2D eigenvalue weighted by Crippen LogP contribution is -2.08. The summed E-state index contributed by atoms with van der Waals surface area (Å²) in [7, 11) is 0. The van der Waals surface area contributed by atoms with Gasteiger partial charge in [0.25, 0.3) is 0 Å². The maximum Gasteiger partial charge on any atom is 0.170 e. The first-order valence-corrected chi connectivity index (χ1v) is 5.76. The summed E-state index contributed by atoms with van der Waals surface area (Å²) in [4.78, 5) is 22.5. The third-order valence-corrected chi connectivity index (χ3v) is 2.32. The number of ketones is 2. The van der Waals surface area contributed by atoms with Crippen LogP contribution >= 0.6 is 11.6 Å². The maximum atomic E-state index is 11.6. The highest BCUT2D eigenvalue weighted by Gasteiger charge is 2.11. The van der Waals surface area contributed by atoms with Crippen LogP contribution in [0.5, 0.6) is 5.75 Å². The fourth-order valence-corrected chi connectivity index (χ4v) is 1.58. The van der Waals surface area contributed by atoms with Gasteiger partial charge in [0.2, 0.25) is 0 Å². The second-order valence-electron chi connectivity index (χ2n) is 4.11. The third kappa shape index (κ3) is 4.19. The van der Waals surface area contributed by atoms with Gasteiger partial charge in [-0.15, -0.1) is 0 Å². The average Bonchev–Trinajstić information content (AvgIpc) is 2.19. The Morgan fingerprint density at radius 3 is 2.47 bits per heavy atom. The van der Waals surface area contributed by atoms with Crippen LogP contribution in [0.1, 0.15) is 37.6 Å². The van der Waals surface area contributed by atoms with Crippen molar-refractivity contribution in [3.05, 3.63) is 28.8 Å². The largest absolute Gasteiger partial charge is 0.489 e. The molecular formula is C13H15ClO3. The molecule has 0 atom stereocenters. The van der Waals surface area contributed by atoms with Gasteiger partial charge in [-0.3, -0.25) is 9.59 Å². The van der Waals surface area contributed by atoms with Crippen LogP contribution in [-0.2, 0) is 4.79 Å². The smallest absolute Gasteiger partial charge is 0.170 e. The Balaban J connectivity index is 2.88. The van der Waals surface area contributed by atoms with Gasteiger partial charge >= 0.3 is 0 Å². The van der Waals surface area contributed by atoms with Crippen LogP contribution in [0.4, 0.5) is 0 Å². The molecule has 3 nitrogen and oxygen atoms in total. The molecule has 0 aliphatic rings. The van der Waals surface area contributed by atoms with Crippen molar-refractivity contribution in [2.45, 2.75) is 33.3 Å². The fourth-order valence-electron chi connectivity index (χ4n) is 1.35. The van der Waals surface area contributed by atoms with E-state index in [1.807, 2.05) is 13.8 Å². The first kappa shape index (κ1) is 13.7. The van der Waals surface area contributed by atoms with Crippen LogP contribution in [0.3, 0.4) is 0 Å². The predicted molar refractivity (Wildman–Crippen MR) is 66.8 cm³/mol. The number of carbonyl (C=O) groups is 2. The van der Waals surface area contributed by atoms with Gasteiger partial charge in [0.1, 0.15) is 11.5 Å². The van der Waals surface area contributed by atoms with E-state index in [2.05, 4.69) is 0 Å². The second-order valence-corrected chi connectivity index (χ2v) is 4.52. The summed E-state index contributed by atoms with van der Waals surface area (Å²) < 4.78 is 5.45. The molecule has 4 heteroatoms. The van der Waals surface area contributed by atoms with Crippen LogP contribution < -0.4 is 4.74 Å². The quantitative estimate of drug-likeness (QED) is 0.598. The molecule has 17 heavy (non-hydrogen) atoms. The zero-order valence-corrected chi connectivity index (χ0v) is 10.9. The molecule has 0 aromatic heterocycles. The van der Waals surface area contributed by atoms with Gasteiger partial charge < -0.3 is 4.74 Å². The molecule has 92 valence electrons. The SMILES string of the molecule is CC(=O)CC(=O)c1ccc(OC(C)C)c(Cl)c1. The number of carbonyl (C=O) groups excluding carboxylic acids is 2. The standard InChI is InChI=1S/C13H15ClO3/c1-8(2)17-13-5-4-10(7-11(13)14)12(16)6-9(3)15/h4-5,7-8H,6H2,1-3H3. The van der Waals surface area contributed by atoms with Crippen molar-refractivity contribution < 1.29 is 14.3 Å². The van der Waals surface area contributed by atoms with Crippen molar-refractivity contribution in [2.75, 3.05) is 0 Å². The number of ether oxygens (including phenoxy) is 1. The van der Waals surface area contributed by atoms with Crippen LogP contribution in [0.2, 0.25) is 5.02 Å². The van der Waals surface area contributed by atoms with Crippen molar-refractivity contribution in [2.24, 2.45) is 0 Å². The molecule has 0 fully saturated rings. The van der Waals surface area contributed by atoms with Crippen LogP contribution in [0.25, 0.3) is 0 Å². The molecule has 0 bridgehead atoms. The first-order valence-electron chi connectivity index (χ1n) is 5.39. The van der Waals surface area contributed by atoms with Crippen LogP contribution in [-0.4, -0.2) is 17.7 Å². The minimum absolute atomic E-state index is 0.0197. The number of Topliss-reactive ketones (excluding diaryl/α,β-unsaturated/α-hetero) is 2. The molecule has 0 N–H and O–H groups in total. The van der Waals surface area contributed by atoms with E-state index in [0.29, 0.717) is 16.3 Å². The molecule has 0 spiro atoms. The lowest BCUT2D eigenvalue weighted by Gasteiger charge is -2.11. The molecular weight excluding hydrogens is 240 g/mol. The Morgan fingerprint density at radius 1 is 1.35 bits per heavy atom. The molecule has 0 radical (unpaired) electrons. The highest BCUT2D eigenvalue weighted by atomic mass is 35.5. The van der Waals surface area contributed by atoms with Gasteiger partial charge in [-0.25, -0.2) is 0 Å². The molecule has 1 aromatic rings. The Morgan fingerprint density at radius 2 is 2.00 bits per heavy atom. The molecule has 0 heterocycles. The second kappa shape index (κ2) is 5.82. The van der Waals surface area contributed by atoms with Crippen LogP contribution in [0.15, 0.2) is 18.2 Å². The monoisotopic (exact) mass is 254 g/mol. The summed E-state index contributed by atoms with van der Waals surface area (Å²) in [5, 5.41) is 0.383. The van der Waals surface area contributed by atoms with Gasteiger partial charge in [0.05, 0.1) is 17.5 Å². The molecule has 0 saturated carbocycles. The molecule has 0 amide bonds. The van der Waals surface area contributed by atoms with E-state index in [-0.39, 0.29) is 24.1 Å². The predicted octanol–water partition coefficient (Wildman–Crippen LogP) is 3.29. The maximum absolute atomic E-state index is 11.6. The Kier molecular flexibility index (Phi) is 4.70. The Hall–Kier alpha value is -1.35. The third-order valence-electron chi connectivity index (χ3n) is 2.03. The summed E-state index contributed by atoms with van der Waals surface area (Å²) in [6.07, 6.45) is -0.0768. The van der Waals surface area contributed by atoms with Crippen molar-refractivity contribution in [3.8, 4) is 5.75 Å². The highest BCUT2D eigenvalue weighted by molar-refractivity contribution is 6.32. The van der Waals surface area contributed by atoms with E-state index in [4.69, 9.17) is 16.3 Å². The molecule has 0 unspecified atom stereocenters. The van der Waals surface area contributed by atoms with Crippen LogP contribution in [0, 0.1) is 0 Å². The zero-order chi connectivity index (χ0) is 13.0. The average molecular weight is 255 g/mol. The fraction of sp³-hybridized carbons (Fsp3) is 0.385. The zero-order valence-electron chi connectivity index (χ0n) is 10.1. The lowest BCUT2D eigenvalue weighted by molar-refractivity contribution is -0.116. The van der Waals surface area contributed by atoms with E-state index in [0.717, 1.165) is 0 Å². The van der Waals surface area contributed by atoms with Crippen molar-refractivity contribution in [1.29, 1.82) is 0 Å². The number of halogens is 1. The van der Waals surface area contributed by atoms with Gasteiger partial charge in [-0.2, -0.15) is 0 Å². The number of rotatable bonds is 5. The normalized spacial score (nSPS) is 10.4. The summed E-state index contributed by atoms with van der Waals surface area (Å²) in [5.41, 5.74) is 0.432. The van der Waals surface area contributed by atoms with Crippen molar-refractivity contribution in [1.82, 2.24) is 0 Å². The molecule has 1 aromatic carbocycles. The van der Waals surface area contributed by atoms with Gasteiger partial charge in [-0.1, -0.05) is 11.6 Å². The van der Waals surface area contributed by atoms with Crippen molar-refractivity contribution in [3.63, 3.8) is 0 Å². The lowest BCUT2D eigenvalue weighted by atomic mass is 10.1. The number of benzene rings is 1. The van der Waals surface area contributed by atoms with Gasteiger partial charge in [0, 0.05) is 5.56 Å². The summed E-state index contributed by atoms with van der Waals surface area (Å²) in [5.74, 6) is 0.158. The van der Waals surface area contributed by atoms with E-state index >= 15 is 0 Å². The molecule has 0 aliphatic heterocycles. The Labute approximate surface area is 106 Å². The topological polar surface area (TPSA) is 43.4 Å². The van der Waals surface area contributed by atoms with Gasteiger partial charge in [0.15, 0.2) is 5.78 Å². The minimum Gasteiger partial charge on any atom is -0.489 e. The van der Waals surface area contributed by atoms with E-state index < -0.39 is 0 Å². The van der Waals surface area contributed by atoms with E-state index in [9.17, 15) is 9.59 Å². The van der Waals surface area contributed by atoms with E-state index in [1.165, 1.54) is 13.0 Å². The minimum atomic E-state index is -0.226. The summed E-state index contributed by atoms with van der Waals surface area (Å²) >= 11 is 5.99. The highest BCUT2D eigenvalue weighted by Crippen LogP contribution is 2.26. The number of hydrogen-bond donors (Lipinski definition) is 0. The molecule has 0 aliphatic carbocycles. The van der Waals surface area contributed by atoms with E-state index in [1.54, 1.807) is 12.1 Å². The first-order chi connectivity index (χ1) is 7.90. The molecule has 0 saturated heterocycles. The van der Waals surface area contributed by atoms with Crippen molar-refractivity contribution >= 4 is 23.2 Å². The molecule has 1 rings (SSSR count).